The molecule has 0 saturated carbocycles. The Labute approximate surface area is 216 Å². The summed E-state index contributed by atoms with van der Waals surface area (Å²) in [4.78, 5) is 37.0. The van der Waals surface area contributed by atoms with Gasteiger partial charge in [0.2, 0.25) is 0 Å². The third-order valence-electron chi connectivity index (χ3n) is 6.87. The van der Waals surface area contributed by atoms with Crippen molar-refractivity contribution in [3.05, 3.63) is 106 Å². The highest BCUT2D eigenvalue weighted by atomic mass is 16.6. The summed E-state index contributed by atoms with van der Waals surface area (Å²) < 4.78 is 9.60. The molecule has 9 nitrogen and oxygen atoms in total. The molecular formula is C29H22N4O5. The van der Waals surface area contributed by atoms with Crippen molar-refractivity contribution in [3.63, 3.8) is 0 Å². The van der Waals surface area contributed by atoms with Gasteiger partial charge in [0.15, 0.2) is 0 Å². The second-order valence-electron chi connectivity index (χ2n) is 9.25. The second kappa shape index (κ2) is 8.74. The average Bonchev–Trinajstić information content (AvgIpc) is 3.52. The molecule has 1 aliphatic heterocycles. The molecule has 3 aromatic carbocycles. The van der Waals surface area contributed by atoms with Gasteiger partial charge in [-0.05, 0) is 23.8 Å². The molecule has 1 N–H and O–H groups in total. The molecule has 5 aromatic rings. The van der Waals surface area contributed by atoms with E-state index in [1.807, 2.05) is 66.3 Å². The van der Waals surface area contributed by atoms with Gasteiger partial charge in [-0.1, -0.05) is 30.3 Å². The summed E-state index contributed by atoms with van der Waals surface area (Å²) in [7, 11) is 3.62. The standard InChI is InChI=1S/C29H22N4O5/c1-31-14-22(20-10-8-18(33(36)37)12-24(20)31)26-27(29(35)30-28(26)34)23-15-32(2)25-13-19(9-11-21(23)25)38-16-17-6-4-3-5-7-17/h3-15H,16H2,1-2H3,(H,30,34,35). The number of ether oxygens (including phenoxy) is 1. The van der Waals surface area contributed by atoms with E-state index >= 15 is 0 Å². The molecule has 2 amide bonds. The Morgan fingerprint density at radius 3 is 2.00 bits per heavy atom. The lowest BCUT2D eigenvalue weighted by Crippen LogP contribution is -2.22. The van der Waals surface area contributed by atoms with E-state index in [2.05, 4.69) is 5.32 Å². The number of aromatic nitrogens is 2. The van der Waals surface area contributed by atoms with Crippen LogP contribution in [0.25, 0.3) is 33.0 Å². The Kier molecular flexibility index (Phi) is 5.34. The maximum atomic E-state index is 13.1. The van der Waals surface area contributed by atoms with Crippen LogP contribution in [0.3, 0.4) is 0 Å². The number of nitro benzene ring substituents is 1. The van der Waals surface area contributed by atoms with Gasteiger partial charge < -0.3 is 13.9 Å². The molecule has 0 radical (unpaired) electrons. The zero-order valence-electron chi connectivity index (χ0n) is 20.6. The Morgan fingerprint density at radius 2 is 1.39 bits per heavy atom. The highest BCUT2D eigenvalue weighted by Gasteiger charge is 2.35. The minimum absolute atomic E-state index is 0.0502. The van der Waals surface area contributed by atoms with E-state index in [0.29, 0.717) is 34.4 Å². The summed E-state index contributed by atoms with van der Waals surface area (Å²) in [5.74, 6) is -0.303. The van der Waals surface area contributed by atoms with Crippen LogP contribution < -0.4 is 10.1 Å². The number of benzene rings is 3. The number of non-ortho nitro benzene ring substituents is 1. The Balaban J connectivity index is 1.47. The predicted octanol–water partition coefficient (Wildman–Crippen LogP) is 4.72. The highest BCUT2D eigenvalue weighted by molar-refractivity contribution is 6.50. The SMILES string of the molecule is Cn1cc(C2=C(c3cn(C)c4cc([N+](=O)[O-])ccc34)C(=O)NC2=O)c2ccc(OCc3ccccc3)cc21. The number of carbonyl (C=O) groups is 2. The zero-order valence-corrected chi connectivity index (χ0v) is 20.6. The van der Waals surface area contributed by atoms with Gasteiger partial charge in [0, 0.05) is 66.6 Å². The summed E-state index contributed by atoms with van der Waals surface area (Å²) in [6.07, 6.45) is 3.55. The first-order valence-corrected chi connectivity index (χ1v) is 11.9. The largest absolute Gasteiger partial charge is 0.489 e. The van der Waals surface area contributed by atoms with Gasteiger partial charge in [0.1, 0.15) is 12.4 Å². The average molecular weight is 507 g/mol. The van der Waals surface area contributed by atoms with Crippen LogP contribution in [0.5, 0.6) is 5.75 Å². The first-order chi connectivity index (χ1) is 18.3. The van der Waals surface area contributed by atoms with Gasteiger partial charge in [0.25, 0.3) is 17.5 Å². The summed E-state index contributed by atoms with van der Waals surface area (Å²) >= 11 is 0. The van der Waals surface area contributed by atoms with Crippen molar-refractivity contribution in [1.29, 1.82) is 0 Å². The third-order valence-corrected chi connectivity index (χ3v) is 6.87. The van der Waals surface area contributed by atoms with Gasteiger partial charge in [-0.2, -0.15) is 0 Å². The van der Waals surface area contributed by atoms with Gasteiger partial charge in [-0.3, -0.25) is 25.0 Å². The lowest BCUT2D eigenvalue weighted by atomic mass is 9.95. The summed E-state index contributed by atoms with van der Waals surface area (Å²) in [5.41, 5.74) is 4.10. The molecule has 0 atom stereocenters. The highest BCUT2D eigenvalue weighted by Crippen LogP contribution is 2.39. The van der Waals surface area contributed by atoms with Crippen LogP contribution in [0.4, 0.5) is 5.69 Å². The molecule has 0 spiro atoms. The molecule has 38 heavy (non-hydrogen) atoms. The molecule has 0 saturated heterocycles. The molecule has 1 aliphatic rings. The molecule has 6 rings (SSSR count). The fraction of sp³-hybridized carbons (Fsp3) is 0.103. The van der Waals surface area contributed by atoms with Crippen molar-refractivity contribution in [2.45, 2.75) is 6.61 Å². The normalized spacial score (nSPS) is 13.5. The molecule has 0 fully saturated rings. The van der Waals surface area contributed by atoms with Crippen molar-refractivity contribution in [2.75, 3.05) is 0 Å². The number of nitrogens with one attached hydrogen (secondary N) is 1. The number of amides is 2. The van der Waals surface area contributed by atoms with Crippen LogP contribution >= 0.6 is 0 Å². The molecule has 2 aromatic heterocycles. The summed E-state index contributed by atoms with van der Waals surface area (Å²) in [6.45, 7) is 0.426. The second-order valence-corrected chi connectivity index (χ2v) is 9.25. The van der Waals surface area contributed by atoms with Crippen molar-refractivity contribution < 1.29 is 19.2 Å². The molecule has 0 unspecified atom stereocenters. The number of carbonyl (C=O) groups excluding carboxylic acids is 2. The molecule has 9 heteroatoms. The first kappa shape index (κ1) is 23.2. The maximum Gasteiger partial charge on any atom is 0.271 e. The van der Waals surface area contributed by atoms with Crippen molar-refractivity contribution >= 4 is 50.5 Å². The van der Waals surface area contributed by atoms with Crippen LogP contribution in [0.1, 0.15) is 16.7 Å². The van der Waals surface area contributed by atoms with Gasteiger partial charge in [-0.15, -0.1) is 0 Å². The Bertz CT molecular complexity index is 1830. The number of aryl methyl sites for hydroxylation is 2. The number of nitrogens with zero attached hydrogens (tertiary/aromatic N) is 3. The van der Waals surface area contributed by atoms with Gasteiger partial charge >= 0.3 is 0 Å². The Morgan fingerprint density at radius 1 is 0.816 bits per heavy atom. The topological polar surface area (TPSA) is 108 Å². The minimum atomic E-state index is -0.504. The smallest absolute Gasteiger partial charge is 0.271 e. The maximum absolute atomic E-state index is 13.1. The number of hydrogen-bond acceptors (Lipinski definition) is 5. The fourth-order valence-corrected chi connectivity index (χ4v) is 5.05. The number of imide groups is 1. The van der Waals surface area contributed by atoms with E-state index in [1.165, 1.54) is 12.1 Å². The quantitative estimate of drug-likeness (QED) is 0.204. The molecular weight excluding hydrogens is 484 g/mol. The lowest BCUT2D eigenvalue weighted by molar-refractivity contribution is -0.384. The number of rotatable bonds is 6. The van der Waals surface area contributed by atoms with Gasteiger partial charge in [-0.25, -0.2) is 0 Å². The summed E-state index contributed by atoms with van der Waals surface area (Å²) in [5, 5.41) is 15.2. The van der Waals surface area contributed by atoms with Gasteiger partial charge in [0.05, 0.1) is 27.1 Å². The van der Waals surface area contributed by atoms with E-state index in [0.717, 1.165) is 16.5 Å². The Hall–Kier alpha value is -5.18. The molecule has 0 aliphatic carbocycles. The first-order valence-electron chi connectivity index (χ1n) is 11.9. The zero-order chi connectivity index (χ0) is 26.6. The van der Waals surface area contributed by atoms with Crippen molar-refractivity contribution in [2.24, 2.45) is 14.1 Å². The van der Waals surface area contributed by atoms with E-state index in [-0.39, 0.29) is 16.8 Å². The number of nitro groups is 1. The van der Waals surface area contributed by atoms with E-state index in [4.69, 9.17) is 4.74 Å². The molecule has 0 bridgehead atoms. The molecule has 3 heterocycles. The lowest BCUT2D eigenvalue weighted by Gasteiger charge is -2.07. The van der Waals surface area contributed by atoms with Crippen LogP contribution in [-0.4, -0.2) is 25.9 Å². The minimum Gasteiger partial charge on any atom is -0.489 e. The third kappa shape index (κ3) is 3.72. The predicted molar refractivity (Wildman–Crippen MR) is 143 cm³/mol. The monoisotopic (exact) mass is 506 g/mol. The number of fused-ring (bicyclic) bond motifs is 2. The number of hydrogen-bond donors (Lipinski definition) is 1. The summed E-state index contributed by atoms with van der Waals surface area (Å²) in [6, 6.07) is 20.0. The van der Waals surface area contributed by atoms with Crippen molar-refractivity contribution in [3.8, 4) is 5.75 Å². The van der Waals surface area contributed by atoms with Crippen molar-refractivity contribution in [1.82, 2.24) is 14.5 Å². The molecule has 188 valence electrons. The fourth-order valence-electron chi connectivity index (χ4n) is 5.05. The van der Waals surface area contributed by atoms with E-state index < -0.39 is 16.7 Å². The van der Waals surface area contributed by atoms with Crippen LogP contribution in [0.2, 0.25) is 0 Å². The van der Waals surface area contributed by atoms with Crippen LogP contribution in [-0.2, 0) is 30.3 Å². The van der Waals surface area contributed by atoms with E-state index in [9.17, 15) is 19.7 Å². The van der Waals surface area contributed by atoms with E-state index in [1.54, 1.807) is 23.9 Å². The van der Waals surface area contributed by atoms with Crippen LogP contribution in [0, 0.1) is 10.1 Å². The van der Waals surface area contributed by atoms with Crippen LogP contribution in [0.15, 0.2) is 79.1 Å².